The molecule has 0 radical (unpaired) electrons. The molecule has 0 spiro atoms. The molecule has 3 rings (SSSR count). The molecule has 1 aromatic carbocycles. The third-order valence-corrected chi connectivity index (χ3v) is 3.64. The zero-order valence-electron chi connectivity index (χ0n) is 11.7. The van der Waals surface area contributed by atoms with Crippen LogP contribution in [-0.4, -0.2) is 16.1 Å². The van der Waals surface area contributed by atoms with E-state index in [4.69, 9.17) is 0 Å². The lowest BCUT2D eigenvalue weighted by Gasteiger charge is -2.19. The van der Waals surface area contributed by atoms with E-state index in [0.29, 0.717) is 5.92 Å². The molecule has 0 saturated heterocycles. The molecule has 2 heterocycles. The van der Waals surface area contributed by atoms with Gasteiger partial charge < -0.3 is 9.88 Å². The summed E-state index contributed by atoms with van der Waals surface area (Å²) in [5.74, 6) is 0.645. The van der Waals surface area contributed by atoms with Crippen molar-refractivity contribution in [1.29, 1.82) is 0 Å². The van der Waals surface area contributed by atoms with Crippen molar-refractivity contribution < 1.29 is 0 Å². The summed E-state index contributed by atoms with van der Waals surface area (Å²) in [4.78, 5) is 4.31. The first-order chi connectivity index (χ1) is 9.24. The second-order valence-corrected chi connectivity index (χ2v) is 5.72. The summed E-state index contributed by atoms with van der Waals surface area (Å²) in [6.07, 6.45) is 7.38. The van der Waals surface area contributed by atoms with E-state index in [1.54, 1.807) is 0 Å². The number of hydrogen-bond acceptors (Lipinski definition) is 2. The van der Waals surface area contributed by atoms with Crippen LogP contribution in [0.3, 0.4) is 0 Å². The average molecular weight is 255 g/mol. The highest BCUT2D eigenvalue weighted by molar-refractivity contribution is 5.58. The molecule has 3 nitrogen and oxygen atoms in total. The van der Waals surface area contributed by atoms with Crippen LogP contribution in [-0.2, 0) is 12.8 Å². The summed E-state index contributed by atoms with van der Waals surface area (Å²) in [5, 5.41) is 3.49. The lowest BCUT2D eigenvalue weighted by atomic mass is 10.0. The molecule has 1 N–H and O–H groups in total. The Kier molecular flexibility index (Phi) is 3.28. The van der Waals surface area contributed by atoms with Crippen LogP contribution in [0.25, 0.3) is 5.69 Å². The predicted octanol–water partition coefficient (Wildman–Crippen LogP) is 3.43. The summed E-state index contributed by atoms with van der Waals surface area (Å²) in [6, 6.07) is 6.70. The van der Waals surface area contributed by atoms with Gasteiger partial charge in [0, 0.05) is 29.8 Å². The van der Waals surface area contributed by atoms with E-state index in [1.165, 1.54) is 35.5 Å². The van der Waals surface area contributed by atoms with Gasteiger partial charge in [0.2, 0.25) is 0 Å². The van der Waals surface area contributed by atoms with Gasteiger partial charge in [0.25, 0.3) is 0 Å². The molecule has 3 heteroatoms. The normalized spacial score (nSPS) is 14.3. The third kappa shape index (κ3) is 2.50. The largest absolute Gasteiger partial charge is 0.385 e. The lowest BCUT2D eigenvalue weighted by Crippen LogP contribution is -2.12. The van der Waals surface area contributed by atoms with Gasteiger partial charge in [-0.2, -0.15) is 0 Å². The van der Waals surface area contributed by atoms with Crippen LogP contribution in [0, 0.1) is 5.92 Å². The first-order valence-corrected chi connectivity index (χ1v) is 7.12. The number of hydrogen-bond donors (Lipinski definition) is 1. The van der Waals surface area contributed by atoms with Crippen LogP contribution < -0.4 is 5.32 Å². The number of anilines is 1. The molecule has 0 fully saturated rings. The van der Waals surface area contributed by atoms with E-state index in [2.05, 4.69) is 46.9 Å². The number of nitrogens with zero attached hydrogens (tertiary/aromatic N) is 2. The summed E-state index contributed by atoms with van der Waals surface area (Å²) < 4.78 is 2.20. The number of rotatable bonds is 3. The fraction of sp³-hybridized carbons (Fsp3) is 0.438. The zero-order valence-corrected chi connectivity index (χ0v) is 11.7. The van der Waals surface area contributed by atoms with Crippen molar-refractivity contribution in [1.82, 2.24) is 9.55 Å². The highest BCUT2D eigenvalue weighted by atomic mass is 15.1. The lowest BCUT2D eigenvalue weighted by molar-refractivity contribution is 0.627. The Bertz CT molecular complexity index is 569. The maximum absolute atomic E-state index is 4.31. The molecule has 2 aromatic rings. The number of imidazole rings is 1. The van der Waals surface area contributed by atoms with Crippen LogP contribution in [0.5, 0.6) is 0 Å². The van der Waals surface area contributed by atoms with Crippen LogP contribution >= 0.6 is 0 Å². The van der Waals surface area contributed by atoms with E-state index in [-0.39, 0.29) is 0 Å². The molecule has 1 aromatic heterocycles. The summed E-state index contributed by atoms with van der Waals surface area (Å²) in [6.45, 7) is 5.57. The maximum atomic E-state index is 4.31. The third-order valence-electron chi connectivity index (χ3n) is 3.64. The fourth-order valence-electron chi connectivity index (χ4n) is 2.72. The number of nitrogens with one attached hydrogen (secondary N) is 1. The van der Waals surface area contributed by atoms with Crippen LogP contribution in [0.2, 0.25) is 0 Å². The Morgan fingerprint density at radius 3 is 3.11 bits per heavy atom. The molecule has 0 unspecified atom stereocenters. The van der Waals surface area contributed by atoms with Crippen molar-refractivity contribution in [3.05, 3.63) is 42.0 Å². The van der Waals surface area contributed by atoms with Crippen molar-refractivity contribution in [2.45, 2.75) is 33.1 Å². The van der Waals surface area contributed by atoms with Gasteiger partial charge in [0.15, 0.2) is 0 Å². The Morgan fingerprint density at radius 2 is 2.26 bits per heavy atom. The average Bonchev–Trinajstić information content (AvgIpc) is 2.85. The van der Waals surface area contributed by atoms with Gasteiger partial charge in [-0.25, -0.2) is 4.98 Å². The number of benzene rings is 1. The molecule has 0 atom stereocenters. The first-order valence-electron chi connectivity index (χ1n) is 7.12. The van der Waals surface area contributed by atoms with Gasteiger partial charge in [-0.3, -0.25) is 0 Å². The van der Waals surface area contributed by atoms with Gasteiger partial charge in [-0.15, -0.1) is 0 Å². The van der Waals surface area contributed by atoms with E-state index < -0.39 is 0 Å². The van der Waals surface area contributed by atoms with E-state index in [9.17, 15) is 0 Å². The van der Waals surface area contributed by atoms with Gasteiger partial charge >= 0.3 is 0 Å². The molecule has 1 aliphatic heterocycles. The maximum Gasteiger partial charge on any atom is 0.0994 e. The molecule has 19 heavy (non-hydrogen) atoms. The molecule has 1 aliphatic rings. The van der Waals surface area contributed by atoms with Crippen molar-refractivity contribution in [2.75, 3.05) is 11.9 Å². The second-order valence-electron chi connectivity index (χ2n) is 5.72. The van der Waals surface area contributed by atoms with Crippen LogP contribution in [0.1, 0.15) is 31.5 Å². The Hall–Kier alpha value is -1.77. The van der Waals surface area contributed by atoms with Crippen LogP contribution in [0.4, 0.5) is 5.69 Å². The van der Waals surface area contributed by atoms with E-state index in [1.807, 2.05) is 12.5 Å². The van der Waals surface area contributed by atoms with Gasteiger partial charge in [0.05, 0.1) is 6.33 Å². The van der Waals surface area contributed by atoms with Gasteiger partial charge in [-0.1, -0.05) is 19.9 Å². The second kappa shape index (κ2) is 5.08. The quantitative estimate of drug-likeness (QED) is 0.910. The van der Waals surface area contributed by atoms with E-state index >= 15 is 0 Å². The molecule has 100 valence electrons. The van der Waals surface area contributed by atoms with Crippen molar-refractivity contribution in [2.24, 2.45) is 5.92 Å². The van der Waals surface area contributed by atoms with Crippen molar-refractivity contribution in [3.63, 3.8) is 0 Å². The minimum atomic E-state index is 0.645. The Labute approximate surface area is 114 Å². The smallest absolute Gasteiger partial charge is 0.0994 e. The van der Waals surface area contributed by atoms with E-state index in [0.717, 1.165) is 13.0 Å². The van der Waals surface area contributed by atoms with Gasteiger partial charge in [-0.05, 0) is 42.9 Å². The molecule has 0 aliphatic carbocycles. The monoisotopic (exact) mass is 255 g/mol. The molecular formula is C16H21N3. The highest BCUT2D eigenvalue weighted by Gasteiger charge is 2.11. The molecule has 0 amide bonds. The minimum absolute atomic E-state index is 0.645. The summed E-state index contributed by atoms with van der Waals surface area (Å²) in [7, 11) is 0. The van der Waals surface area contributed by atoms with Crippen molar-refractivity contribution in [3.8, 4) is 5.69 Å². The topological polar surface area (TPSA) is 29.9 Å². The van der Waals surface area contributed by atoms with Crippen molar-refractivity contribution >= 4 is 5.69 Å². The number of aromatic nitrogens is 2. The SMILES string of the molecule is CC(C)Cc1cncn1-c1ccc2c(c1)NCCC2. The standard InChI is InChI=1S/C16H21N3/c1-12(2)8-15-10-17-11-19(15)14-6-5-13-4-3-7-18-16(13)9-14/h5-6,9-12,18H,3-4,7-8H2,1-2H3. The van der Waals surface area contributed by atoms with Crippen LogP contribution in [0.15, 0.2) is 30.7 Å². The first kappa shape index (κ1) is 12.3. The minimum Gasteiger partial charge on any atom is -0.385 e. The molecule has 0 bridgehead atoms. The summed E-state index contributed by atoms with van der Waals surface area (Å²) >= 11 is 0. The molecular weight excluding hydrogens is 234 g/mol. The Balaban J connectivity index is 1.96. The Morgan fingerprint density at radius 1 is 1.37 bits per heavy atom. The number of aryl methyl sites for hydroxylation is 1. The zero-order chi connectivity index (χ0) is 13.2. The predicted molar refractivity (Wildman–Crippen MR) is 78.9 cm³/mol. The number of fused-ring (bicyclic) bond motifs is 1. The summed E-state index contributed by atoms with van der Waals surface area (Å²) in [5.41, 5.74) is 5.21. The highest BCUT2D eigenvalue weighted by Crippen LogP contribution is 2.25. The molecule has 0 saturated carbocycles. The fourth-order valence-corrected chi connectivity index (χ4v) is 2.72. The van der Waals surface area contributed by atoms with Gasteiger partial charge in [0.1, 0.15) is 0 Å².